The van der Waals surface area contributed by atoms with Crippen LogP contribution in [0.2, 0.25) is 0 Å². The van der Waals surface area contributed by atoms with Crippen LogP contribution in [0, 0.1) is 11.3 Å². The lowest BCUT2D eigenvalue weighted by atomic mass is 9.86. The molecule has 11 aromatic rings. The van der Waals surface area contributed by atoms with Gasteiger partial charge in [0.05, 0.1) is 28.4 Å². The molecule has 3 heterocycles. The number of rotatable bonds is 6. The number of nitriles is 1. The van der Waals surface area contributed by atoms with Crippen molar-refractivity contribution < 1.29 is 4.42 Å². The lowest BCUT2D eigenvalue weighted by Gasteiger charge is -2.17. The fourth-order valence-corrected chi connectivity index (χ4v) is 8.68. The van der Waals surface area contributed by atoms with Gasteiger partial charge in [0.2, 0.25) is 0 Å². The second-order valence-corrected chi connectivity index (χ2v) is 14.8. The normalized spacial score (nSPS) is 11.4. The number of benzene rings is 8. The van der Waals surface area contributed by atoms with Gasteiger partial charge in [-0.05, 0) is 102 Å². The molecule has 0 N–H and O–H groups in total. The Morgan fingerprint density at radius 2 is 0.966 bits per heavy atom. The minimum Gasteiger partial charge on any atom is -0.456 e. The Bertz CT molecular complexity index is 3380. The number of nitrogens with zero attached hydrogens (tertiary/aromatic N) is 3. The van der Waals surface area contributed by atoms with Gasteiger partial charge in [-0.3, -0.25) is 4.98 Å². The maximum absolute atomic E-state index is 9.75. The molecule has 0 aliphatic heterocycles. The van der Waals surface area contributed by atoms with E-state index in [0.717, 1.165) is 72.4 Å². The van der Waals surface area contributed by atoms with Crippen LogP contribution in [0.1, 0.15) is 5.56 Å². The average Bonchev–Trinajstić information content (AvgIpc) is 3.69. The monoisotopic (exact) mass is 751 g/mol. The zero-order chi connectivity index (χ0) is 39.3. The molecule has 274 valence electrons. The Morgan fingerprint density at radius 3 is 1.64 bits per heavy atom. The highest BCUT2D eigenvalue weighted by Crippen LogP contribution is 2.45. The smallest absolute Gasteiger partial charge is 0.139 e. The van der Waals surface area contributed by atoms with Gasteiger partial charge in [0.25, 0.3) is 0 Å². The Balaban J connectivity index is 1.11. The number of furan rings is 1. The van der Waals surface area contributed by atoms with E-state index in [2.05, 4.69) is 164 Å². The van der Waals surface area contributed by atoms with Crippen LogP contribution >= 0.6 is 0 Å². The van der Waals surface area contributed by atoms with Crippen LogP contribution in [0.3, 0.4) is 0 Å². The van der Waals surface area contributed by atoms with Gasteiger partial charge < -0.3 is 4.42 Å². The summed E-state index contributed by atoms with van der Waals surface area (Å²) in [6.07, 6.45) is 1.81. The topological polar surface area (TPSA) is 62.7 Å². The van der Waals surface area contributed by atoms with Crippen molar-refractivity contribution in [3.05, 3.63) is 206 Å². The Hall–Kier alpha value is -8.13. The lowest BCUT2D eigenvalue weighted by molar-refractivity contribution is 0.668. The molecule has 0 atom stereocenters. The van der Waals surface area contributed by atoms with E-state index in [-0.39, 0.29) is 0 Å². The van der Waals surface area contributed by atoms with Gasteiger partial charge in [0.15, 0.2) is 0 Å². The van der Waals surface area contributed by atoms with E-state index in [1.165, 1.54) is 38.2 Å². The third kappa shape index (κ3) is 5.84. The van der Waals surface area contributed by atoms with E-state index < -0.39 is 0 Å². The molecule has 0 fully saturated rings. The zero-order valence-corrected chi connectivity index (χ0v) is 31.8. The number of aromatic nitrogens is 2. The molecule has 0 bridgehead atoms. The fraction of sp³-hybridized carbons (Fsp3) is 0. The largest absolute Gasteiger partial charge is 0.456 e. The highest BCUT2D eigenvalue weighted by Gasteiger charge is 2.21. The first-order valence-corrected chi connectivity index (χ1v) is 19.7. The quantitative estimate of drug-likeness (QED) is 0.159. The summed E-state index contributed by atoms with van der Waals surface area (Å²) in [5.41, 5.74) is 14.2. The summed E-state index contributed by atoms with van der Waals surface area (Å²) >= 11 is 0. The number of hydrogen-bond donors (Lipinski definition) is 0. The molecule has 4 nitrogen and oxygen atoms in total. The van der Waals surface area contributed by atoms with Crippen LogP contribution in [0.15, 0.2) is 205 Å². The highest BCUT2D eigenvalue weighted by atomic mass is 16.3. The van der Waals surface area contributed by atoms with Crippen LogP contribution in [0.5, 0.6) is 0 Å². The molecule has 0 unspecified atom stereocenters. The van der Waals surface area contributed by atoms with E-state index in [1.807, 2.05) is 42.6 Å². The molecule has 8 aromatic carbocycles. The number of hydrogen-bond acceptors (Lipinski definition) is 4. The van der Waals surface area contributed by atoms with Crippen LogP contribution in [-0.2, 0) is 0 Å². The predicted octanol–water partition coefficient (Wildman–Crippen LogP) is 14.6. The second-order valence-electron chi connectivity index (χ2n) is 14.8. The molecule has 0 radical (unpaired) electrons. The minimum atomic E-state index is 0.645. The molecule has 0 saturated heterocycles. The molecular weight excluding hydrogens is 719 g/mol. The first kappa shape index (κ1) is 34.1. The summed E-state index contributed by atoms with van der Waals surface area (Å²) < 4.78 is 6.57. The van der Waals surface area contributed by atoms with Crippen molar-refractivity contribution >= 4 is 43.5 Å². The van der Waals surface area contributed by atoms with E-state index >= 15 is 0 Å². The summed E-state index contributed by atoms with van der Waals surface area (Å²) in [5, 5.41) is 16.5. The van der Waals surface area contributed by atoms with Crippen molar-refractivity contribution in [3.8, 4) is 73.2 Å². The molecular formula is C55H33N3O. The van der Waals surface area contributed by atoms with Crippen LogP contribution in [-0.4, -0.2) is 9.97 Å². The SMILES string of the molecule is N#Cc1ccccc1-c1ccc(-c2cc(-c3ccccc3)cc(-c3nccc4oc5ccc(-c6c7ccccc7c(-c7ccccc7)c7ccccc67)cc5c34)n2)cc1. The Labute approximate surface area is 340 Å². The van der Waals surface area contributed by atoms with Gasteiger partial charge >= 0.3 is 0 Å². The Morgan fingerprint density at radius 1 is 0.407 bits per heavy atom. The summed E-state index contributed by atoms with van der Waals surface area (Å²) in [6, 6.07) is 69.6. The summed E-state index contributed by atoms with van der Waals surface area (Å²) in [5.74, 6) is 0. The summed E-state index contributed by atoms with van der Waals surface area (Å²) in [6.45, 7) is 0. The van der Waals surface area contributed by atoms with Gasteiger partial charge in [0, 0.05) is 17.1 Å². The van der Waals surface area contributed by atoms with Crippen molar-refractivity contribution in [1.82, 2.24) is 9.97 Å². The third-order valence-corrected chi connectivity index (χ3v) is 11.4. The standard InChI is InChI=1S/C55H33N3O/c56-34-40-17-7-8-18-42(40)36-23-25-37(26-24-36)48-32-41(35-13-3-1-4-14-35)33-49(58-48)55-54-47-31-39(27-28-50(47)59-51(54)29-30-57-55)53-45-21-11-9-19-43(45)52(38-15-5-2-6-16-38)44-20-10-12-22-46(44)53/h1-33H. The third-order valence-electron chi connectivity index (χ3n) is 11.4. The van der Waals surface area contributed by atoms with Gasteiger partial charge in [-0.25, -0.2) is 4.98 Å². The van der Waals surface area contributed by atoms with Gasteiger partial charge in [-0.2, -0.15) is 5.26 Å². The van der Waals surface area contributed by atoms with Crippen molar-refractivity contribution in [3.63, 3.8) is 0 Å². The van der Waals surface area contributed by atoms with Crippen LogP contribution < -0.4 is 0 Å². The second kappa shape index (κ2) is 14.1. The molecule has 0 aliphatic rings. The van der Waals surface area contributed by atoms with E-state index in [9.17, 15) is 5.26 Å². The number of pyridine rings is 2. The predicted molar refractivity (Wildman–Crippen MR) is 242 cm³/mol. The molecule has 4 heteroatoms. The van der Waals surface area contributed by atoms with Crippen molar-refractivity contribution in [2.45, 2.75) is 0 Å². The van der Waals surface area contributed by atoms with Crippen LogP contribution in [0.25, 0.3) is 111 Å². The first-order valence-electron chi connectivity index (χ1n) is 19.7. The molecule has 0 amide bonds. The molecule has 0 aliphatic carbocycles. The maximum Gasteiger partial charge on any atom is 0.139 e. The minimum absolute atomic E-state index is 0.645. The molecule has 59 heavy (non-hydrogen) atoms. The van der Waals surface area contributed by atoms with Gasteiger partial charge in [-0.1, -0.05) is 158 Å². The lowest BCUT2D eigenvalue weighted by Crippen LogP contribution is -1.94. The molecule has 3 aromatic heterocycles. The van der Waals surface area contributed by atoms with Crippen molar-refractivity contribution in [1.29, 1.82) is 5.26 Å². The molecule has 0 saturated carbocycles. The maximum atomic E-state index is 9.75. The zero-order valence-electron chi connectivity index (χ0n) is 31.8. The average molecular weight is 752 g/mol. The van der Waals surface area contributed by atoms with Crippen molar-refractivity contribution in [2.75, 3.05) is 0 Å². The van der Waals surface area contributed by atoms with E-state index in [1.54, 1.807) is 0 Å². The summed E-state index contributed by atoms with van der Waals surface area (Å²) in [7, 11) is 0. The molecule has 11 rings (SSSR count). The van der Waals surface area contributed by atoms with E-state index in [0.29, 0.717) is 5.56 Å². The molecule has 0 spiro atoms. The first-order chi connectivity index (χ1) is 29.2. The number of fused-ring (bicyclic) bond motifs is 5. The van der Waals surface area contributed by atoms with Crippen molar-refractivity contribution in [2.24, 2.45) is 0 Å². The van der Waals surface area contributed by atoms with Gasteiger partial charge in [0.1, 0.15) is 16.9 Å². The fourth-order valence-electron chi connectivity index (χ4n) is 8.68. The van der Waals surface area contributed by atoms with Gasteiger partial charge in [-0.15, -0.1) is 0 Å². The van der Waals surface area contributed by atoms with Crippen LogP contribution in [0.4, 0.5) is 0 Å². The highest BCUT2D eigenvalue weighted by molar-refractivity contribution is 6.22. The van der Waals surface area contributed by atoms with E-state index in [4.69, 9.17) is 14.4 Å². The summed E-state index contributed by atoms with van der Waals surface area (Å²) in [4.78, 5) is 10.4. The Kier molecular flexibility index (Phi) is 8.17.